The molecule has 4 rings (SSSR count). The maximum Gasteiger partial charge on any atom is 0.0701 e. The molecule has 0 bridgehead atoms. The van der Waals surface area contributed by atoms with Gasteiger partial charge < -0.3 is 29.5 Å². The number of ether oxygens (including phenoxy) is 3. The first-order valence-corrected chi connectivity index (χ1v) is 15.5. The number of hydrogen-bond donors (Lipinski definition) is 3. The first kappa shape index (κ1) is 29.7. The molecular formula is C31H56O6. The Balaban J connectivity index is 1.66. The van der Waals surface area contributed by atoms with E-state index >= 15 is 0 Å². The lowest BCUT2D eigenvalue weighted by molar-refractivity contribution is -0.229. The van der Waals surface area contributed by atoms with Gasteiger partial charge in [0.25, 0.3) is 0 Å². The van der Waals surface area contributed by atoms with Crippen molar-refractivity contribution in [2.45, 2.75) is 110 Å². The fraction of sp³-hybridized carbons (Fsp3) is 1.00. The van der Waals surface area contributed by atoms with Crippen molar-refractivity contribution in [3.63, 3.8) is 0 Å². The molecule has 11 atom stereocenters. The van der Waals surface area contributed by atoms with Crippen LogP contribution in [0, 0.1) is 46.3 Å². The molecule has 0 radical (unpaired) electrons. The van der Waals surface area contributed by atoms with Crippen molar-refractivity contribution in [1.82, 2.24) is 0 Å². The second-order valence-electron chi connectivity index (χ2n) is 13.3. The summed E-state index contributed by atoms with van der Waals surface area (Å²) >= 11 is 0. The minimum Gasteiger partial charge on any atom is -0.394 e. The summed E-state index contributed by atoms with van der Waals surface area (Å²) in [6, 6.07) is 0. The van der Waals surface area contributed by atoms with Crippen LogP contribution in [-0.2, 0) is 14.2 Å². The minimum atomic E-state index is 0.0684. The number of hydrogen-bond acceptors (Lipinski definition) is 6. The molecule has 0 aromatic rings. The molecule has 3 unspecified atom stereocenters. The number of unbranched alkanes of at least 4 members (excludes halogenated alkanes) is 1. The molecule has 6 nitrogen and oxygen atoms in total. The van der Waals surface area contributed by atoms with E-state index in [0.717, 1.165) is 32.1 Å². The quantitative estimate of drug-likeness (QED) is 0.320. The molecule has 0 aromatic heterocycles. The Labute approximate surface area is 225 Å². The van der Waals surface area contributed by atoms with E-state index in [1.165, 1.54) is 32.1 Å². The van der Waals surface area contributed by atoms with E-state index in [4.69, 9.17) is 14.2 Å². The van der Waals surface area contributed by atoms with Crippen molar-refractivity contribution in [2.75, 3.05) is 39.6 Å². The standard InChI is InChI=1S/C31H56O6/c1-5-6-7-21(2)24-8-9-25-29-26(20-28(31(24,25)4)37-17-14-34)30(3)11-10-23(35-15-12-32)18-22(30)19-27(29)36-16-13-33/h21-29,32-34H,5-20H2,1-4H3/t21-,22?,23+,24-,25+,26+,27?,28+,29?,30+,31-/m1/s1. The summed E-state index contributed by atoms with van der Waals surface area (Å²) in [5.41, 5.74) is 0.311. The fourth-order valence-electron chi connectivity index (χ4n) is 9.98. The summed E-state index contributed by atoms with van der Waals surface area (Å²) in [6.45, 7) is 11.3. The van der Waals surface area contributed by atoms with Crippen molar-refractivity contribution in [3.8, 4) is 0 Å². The number of rotatable bonds is 13. The van der Waals surface area contributed by atoms with Crippen molar-refractivity contribution in [2.24, 2.45) is 46.3 Å². The molecule has 0 spiro atoms. The highest BCUT2D eigenvalue weighted by atomic mass is 16.5. The van der Waals surface area contributed by atoms with Gasteiger partial charge in [-0.15, -0.1) is 0 Å². The van der Waals surface area contributed by atoms with Crippen LogP contribution in [0.1, 0.15) is 91.9 Å². The van der Waals surface area contributed by atoms with Gasteiger partial charge in [0.15, 0.2) is 0 Å². The van der Waals surface area contributed by atoms with Crippen molar-refractivity contribution in [3.05, 3.63) is 0 Å². The van der Waals surface area contributed by atoms with E-state index in [1.54, 1.807) is 0 Å². The molecule has 4 aliphatic rings. The third-order valence-electron chi connectivity index (χ3n) is 11.7. The number of fused-ring (bicyclic) bond motifs is 5. The molecule has 4 saturated carbocycles. The first-order chi connectivity index (χ1) is 17.8. The topological polar surface area (TPSA) is 88.4 Å². The minimum absolute atomic E-state index is 0.0684. The van der Waals surface area contributed by atoms with E-state index in [2.05, 4.69) is 27.7 Å². The maximum absolute atomic E-state index is 9.72. The van der Waals surface area contributed by atoms with Gasteiger partial charge >= 0.3 is 0 Å². The lowest BCUT2D eigenvalue weighted by Gasteiger charge is -2.64. The zero-order valence-electron chi connectivity index (χ0n) is 24.1. The van der Waals surface area contributed by atoms with Crippen LogP contribution < -0.4 is 0 Å². The lowest BCUT2D eigenvalue weighted by atomic mass is 9.43. The normalized spacial score (nSPS) is 44.2. The Morgan fingerprint density at radius 3 is 2.24 bits per heavy atom. The molecule has 4 fully saturated rings. The van der Waals surface area contributed by atoms with Crippen molar-refractivity contribution < 1.29 is 29.5 Å². The molecule has 0 aliphatic heterocycles. The van der Waals surface area contributed by atoms with E-state index in [1.807, 2.05) is 0 Å². The molecule has 4 aliphatic carbocycles. The molecule has 0 amide bonds. The van der Waals surface area contributed by atoms with Crippen molar-refractivity contribution >= 4 is 0 Å². The van der Waals surface area contributed by atoms with Gasteiger partial charge in [-0.05, 0) is 85.9 Å². The van der Waals surface area contributed by atoms with Crippen LogP contribution >= 0.6 is 0 Å². The zero-order valence-corrected chi connectivity index (χ0v) is 24.1. The van der Waals surface area contributed by atoms with Crippen molar-refractivity contribution in [1.29, 1.82) is 0 Å². The van der Waals surface area contributed by atoms with Crippen LogP contribution in [0.15, 0.2) is 0 Å². The van der Waals surface area contributed by atoms with Gasteiger partial charge in [-0.2, -0.15) is 0 Å². The van der Waals surface area contributed by atoms with Crippen LogP contribution in [-0.4, -0.2) is 73.3 Å². The second-order valence-corrected chi connectivity index (χ2v) is 13.3. The molecule has 0 heterocycles. The summed E-state index contributed by atoms with van der Waals surface area (Å²) in [5, 5.41) is 28.7. The third kappa shape index (κ3) is 5.67. The van der Waals surface area contributed by atoms with E-state index in [0.29, 0.717) is 55.3 Å². The summed E-state index contributed by atoms with van der Waals surface area (Å²) in [5.74, 6) is 3.38. The average Bonchev–Trinajstić information content (AvgIpc) is 3.26. The summed E-state index contributed by atoms with van der Waals surface area (Å²) in [7, 11) is 0. The number of aliphatic hydroxyl groups is 3. The summed E-state index contributed by atoms with van der Waals surface area (Å²) < 4.78 is 19.2. The van der Waals surface area contributed by atoms with Crippen LogP contribution in [0.4, 0.5) is 0 Å². The molecule has 216 valence electrons. The van der Waals surface area contributed by atoms with E-state index < -0.39 is 0 Å². The Morgan fingerprint density at radius 1 is 0.838 bits per heavy atom. The van der Waals surface area contributed by atoms with Gasteiger partial charge in [0.05, 0.1) is 58.0 Å². The maximum atomic E-state index is 9.72. The number of aliphatic hydroxyl groups excluding tert-OH is 3. The molecular weight excluding hydrogens is 468 g/mol. The van der Waals surface area contributed by atoms with Gasteiger partial charge in [0.1, 0.15) is 0 Å². The average molecular weight is 525 g/mol. The Hall–Kier alpha value is -0.240. The van der Waals surface area contributed by atoms with Gasteiger partial charge in [0.2, 0.25) is 0 Å². The van der Waals surface area contributed by atoms with E-state index in [-0.39, 0.29) is 49.0 Å². The van der Waals surface area contributed by atoms with Gasteiger partial charge in [0, 0.05) is 5.41 Å². The van der Waals surface area contributed by atoms with Gasteiger partial charge in [-0.1, -0.05) is 47.0 Å². The fourth-order valence-corrected chi connectivity index (χ4v) is 9.98. The van der Waals surface area contributed by atoms with Crippen LogP contribution in [0.5, 0.6) is 0 Å². The Morgan fingerprint density at radius 2 is 1.54 bits per heavy atom. The zero-order chi connectivity index (χ0) is 26.6. The summed E-state index contributed by atoms with van der Waals surface area (Å²) in [6.07, 6.45) is 12.2. The lowest BCUT2D eigenvalue weighted by Crippen LogP contribution is -2.63. The van der Waals surface area contributed by atoms with Gasteiger partial charge in [-0.3, -0.25) is 0 Å². The van der Waals surface area contributed by atoms with Crippen LogP contribution in [0.3, 0.4) is 0 Å². The highest BCUT2D eigenvalue weighted by Crippen LogP contribution is 2.69. The smallest absolute Gasteiger partial charge is 0.0701 e. The summed E-state index contributed by atoms with van der Waals surface area (Å²) in [4.78, 5) is 0. The largest absolute Gasteiger partial charge is 0.394 e. The highest BCUT2D eigenvalue weighted by molar-refractivity contribution is 5.15. The second kappa shape index (κ2) is 13.0. The molecule has 6 heteroatoms. The SMILES string of the molecule is CCCC[C@@H](C)[C@H]1CC[C@H]2C3C(OCCO)CC4C[C@@H](OCCO)CC[C@]4(C)[C@H]3C[C@H](OCCO)[C@]12C. The first-order valence-electron chi connectivity index (χ1n) is 15.5. The highest BCUT2D eigenvalue weighted by Gasteiger charge is 2.66. The molecule has 0 saturated heterocycles. The van der Waals surface area contributed by atoms with Crippen LogP contribution in [0.2, 0.25) is 0 Å². The monoisotopic (exact) mass is 524 g/mol. The van der Waals surface area contributed by atoms with E-state index in [9.17, 15) is 15.3 Å². The molecule has 3 N–H and O–H groups in total. The van der Waals surface area contributed by atoms with Gasteiger partial charge in [-0.25, -0.2) is 0 Å². The predicted octanol–water partition coefficient (Wildman–Crippen LogP) is 4.82. The van der Waals surface area contributed by atoms with Crippen LogP contribution in [0.25, 0.3) is 0 Å². The predicted molar refractivity (Wildman–Crippen MR) is 145 cm³/mol. The Kier molecular flexibility index (Phi) is 10.4. The molecule has 37 heavy (non-hydrogen) atoms. The third-order valence-corrected chi connectivity index (χ3v) is 11.7. The molecule has 0 aromatic carbocycles. The Bertz CT molecular complexity index is 703.